The van der Waals surface area contributed by atoms with E-state index in [0.29, 0.717) is 35.3 Å². The van der Waals surface area contributed by atoms with Crippen LogP contribution in [0.2, 0.25) is 5.02 Å². The van der Waals surface area contributed by atoms with Crippen LogP contribution in [0.25, 0.3) is 0 Å². The second-order valence-corrected chi connectivity index (χ2v) is 8.55. The summed E-state index contributed by atoms with van der Waals surface area (Å²) >= 11 is 6.07. The molecule has 2 aliphatic rings. The number of rotatable bonds is 7. The highest BCUT2D eigenvalue weighted by Gasteiger charge is 2.42. The Kier molecular flexibility index (Phi) is 6.05. The van der Waals surface area contributed by atoms with E-state index in [-0.39, 0.29) is 11.7 Å². The summed E-state index contributed by atoms with van der Waals surface area (Å²) in [5.74, 6) is 1.73. The van der Waals surface area contributed by atoms with Gasteiger partial charge in [0.05, 0.1) is 23.8 Å². The SMILES string of the molecule is C=CCOc1ccc([C@@H]2Oc3ccc([N+](=O)[O-])cc3[C@H]3CC(c4ccc(Cl)cc4)=NN32)cc1OC. The summed E-state index contributed by atoms with van der Waals surface area (Å²) in [6, 6.07) is 17.5. The number of nitro benzene ring substituents is 1. The highest BCUT2D eigenvalue weighted by Crippen LogP contribution is 2.49. The third kappa shape index (κ3) is 4.28. The van der Waals surface area contributed by atoms with Crippen molar-refractivity contribution in [2.45, 2.75) is 18.7 Å². The number of halogens is 1. The van der Waals surface area contributed by atoms with Gasteiger partial charge in [-0.25, -0.2) is 5.01 Å². The number of non-ortho nitro benzene ring substituents is 1. The summed E-state index contributed by atoms with van der Waals surface area (Å²) in [5.41, 5.74) is 3.32. The number of nitro groups is 1. The summed E-state index contributed by atoms with van der Waals surface area (Å²) in [7, 11) is 1.57. The van der Waals surface area contributed by atoms with E-state index in [9.17, 15) is 10.1 Å². The molecule has 3 aromatic carbocycles. The van der Waals surface area contributed by atoms with Gasteiger partial charge in [0.15, 0.2) is 11.5 Å². The Labute approximate surface area is 207 Å². The van der Waals surface area contributed by atoms with Crippen molar-refractivity contribution >= 4 is 23.0 Å². The minimum atomic E-state index is -0.568. The first-order valence-corrected chi connectivity index (χ1v) is 11.3. The number of ether oxygens (including phenoxy) is 3. The maximum Gasteiger partial charge on any atom is 0.270 e. The molecule has 3 aromatic rings. The van der Waals surface area contributed by atoms with Gasteiger partial charge in [0.2, 0.25) is 6.23 Å². The maximum atomic E-state index is 11.4. The van der Waals surface area contributed by atoms with Crippen LogP contribution in [0.5, 0.6) is 17.2 Å². The number of nitrogens with zero attached hydrogens (tertiary/aromatic N) is 3. The van der Waals surface area contributed by atoms with E-state index >= 15 is 0 Å². The number of hydrazone groups is 1. The normalized spacial score (nSPS) is 18.1. The highest BCUT2D eigenvalue weighted by atomic mass is 35.5. The van der Waals surface area contributed by atoms with E-state index in [1.807, 2.05) is 47.5 Å². The molecule has 0 aromatic heterocycles. The van der Waals surface area contributed by atoms with Gasteiger partial charge in [0.1, 0.15) is 12.4 Å². The van der Waals surface area contributed by atoms with Crippen LogP contribution in [0.15, 0.2) is 78.4 Å². The van der Waals surface area contributed by atoms with Crippen LogP contribution in [-0.2, 0) is 0 Å². The average Bonchev–Trinajstić information content (AvgIpc) is 3.32. The van der Waals surface area contributed by atoms with E-state index in [1.165, 1.54) is 6.07 Å². The molecular formula is C26H22ClN3O5. The van der Waals surface area contributed by atoms with E-state index < -0.39 is 11.2 Å². The molecule has 8 nitrogen and oxygen atoms in total. The Balaban J connectivity index is 1.58. The molecule has 0 spiro atoms. The zero-order valence-corrected chi connectivity index (χ0v) is 19.6. The van der Waals surface area contributed by atoms with Crippen molar-refractivity contribution in [1.82, 2.24) is 5.01 Å². The van der Waals surface area contributed by atoms with Gasteiger partial charge in [-0.3, -0.25) is 10.1 Å². The zero-order chi connectivity index (χ0) is 24.5. The molecule has 0 radical (unpaired) electrons. The molecule has 5 rings (SSSR count). The third-order valence-electron chi connectivity index (χ3n) is 5.99. The Bertz CT molecular complexity index is 1330. The van der Waals surface area contributed by atoms with Crippen molar-refractivity contribution in [3.8, 4) is 17.2 Å². The lowest BCUT2D eigenvalue weighted by Crippen LogP contribution is -2.33. The van der Waals surface area contributed by atoms with Gasteiger partial charge < -0.3 is 14.2 Å². The molecule has 0 unspecified atom stereocenters. The van der Waals surface area contributed by atoms with Gasteiger partial charge in [-0.05, 0) is 42.0 Å². The molecule has 0 saturated carbocycles. The highest BCUT2D eigenvalue weighted by molar-refractivity contribution is 6.30. The fraction of sp³-hybridized carbons (Fsp3) is 0.192. The Morgan fingerprint density at radius 1 is 1.20 bits per heavy atom. The van der Waals surface area contributed by atoms with Crippen LogP contribution >= 0.6 is 11.6 Å². The lowest BCUT2D eigenvalue weighted by Gasteiger charge is -2.38. The second-order valence-electron chi connectivity index (χ2n) is 8.11. The van der Waals surface area contributed by atoms with Gasteiger partial charge >= 0.3 is 0 Å². The Morgan fingerprint density at radius 2 is 2.00 bits per heavy atom. The van der Waals surface area contributed by atoms with Crippen LogP contribution in [0, 0.1) is 10.1 Å². The van der Waals surface area contributed by atoms with Crippen LogP contribution in [0.1, 0.15) is 35.4 Å². The first-order valence-electron chi connectivity index (χ1n) is 11.0. The first-order chi connectivity index (χ1) is 17.0. The van der Waals surface area contributed by atoms with Crippen molar-refractivity contribution in [2.24, 2.45) is 5.10 Å². The third-order valence-corrected chi connectivity index (χ3v) is 6.24. The van der Waals surface area contributed by atoms with Crippen molar-refractivity contribution in [2.75, 3.05) is 13.7 Å². The van der Waals surface area contributed by atoms with E-state index in [1.54, 1.807) is 25.3 Å². The van der Waals surface area contributed by atoms with Crippen molar-refractivity contribution in [3.63, 3.8) is 0 Å². The lowest BCUT2D eigenvalue weighted by molar-refractivity contribution is -0.385. The maximum absolute atomic E-state index is 11.4. The molecule has 2 atom stereocenters. The summed E-state index contributed by atoms with van der Waals surface area (Å²) in [6.45, 7) is 4.03. The molecule has 2 aliphatic heterocycles. The van der Waals surface area contributed by atoms with Gasteiger partial charge in [-0.2, -0.15) is 5.10 Å². The van der Waals surface area contributed by atoms with Crippen LogP contribution in [-0.4, -0.2) is 29.4 Å². The summed E-state index contributed by atoms with van der Waals surface area (Å²) in [5, 5.41) is 18.8. The van der Waals surface area contributed by atoms with E-state index in [2.05, 4.69) is 6.58 Å². The predicted octanol–water partition coefficient (Wildman–Crippen LogP) is 6.06. The molecule has 35 heavy (non-hydrogen) atoms. The molecule has 2 heterocycles. The van der Waals surface area contributed by atoms with Gasteiger partial charge in [0.25, 0.3) is 5.69 Å². The zero-order valence-electron chi connectivity index (χ0n) is 18.9. The number of methoxy groups -OCH3 is 1. The minimum Gasteiger partial charge on any atom is -0.493 e. The number of fused-ring (bicyclic) bond motifs is 3. The monoisotopic (exact) mass is 491 g/mol. The van der Waals surface area contributed by atoms with Crippen LogP contribution < -0.4 is 14.2 Å². The van der Waals surface area contributed by atoms with Gasteiger partial charge in [-0.15, -0.1) is 0 Å². The number of hydrogen-bond donors (Lipinski definition) is 0. The van der Waals surface area contributed by atoms with E-state index in [4.69, 9.17) is 30.9 Å². The van der Waals surface area contributed by atoms with Crippen molar-refractivity contribution in [3.05, 3.63) is 105 Å². The van der Waals surface area contributed by atoms with Gasteiger partial charge in [0, 0.05) is 34.7 Å². The Hall–Kier alpha value is -4.04. The molecule has 178 valence electrons. The summed E-state index contributed by atoms with van der Waals surface area (Å²) in [6.07, 6.45) is 1.66. The quantitative estimate of drug-likeness (QED) is 0.227. The molecule has 0 amide bonds. The smallest absolute Gasteiger partial charge is 0.270 e. The van der Waals surface area contributed by atoms with E-state index in [0.717, 1.165) is 22.4 Å². The van der Waals surface area contributed by atoms with Crippen molar-refractivity contribution < 1.29 is 19.1 Å². The molecule has 9 heteroatoms. The fourth-order valence-electron chi connectivity index (χ4n) is 4.33. The summed E-state index contributed by atoms with van der Waals surface area (Å²) < 4.78 is 17.6. The number of hydrogen-bond acceptors (Lipinski definition) is 7. The molecule has 0 N–H and O–H groups in total. The molecule has 0 saturated heterocycles. The van der Waals surface area contributed by atoms with Gasteiger partial charge in [-0.1, -0.05) is 36.4 Å². The van der Waals surface area contributed by atoms with Crippen molar-refractivity contribution in [1.29, 1.82) is 0 Å². The number of benzene rings is 3. The summed E-state index contributed by atoms with van der Waals surface area (Å²) in [4.78, 5) is 11.0. The fourth-order valence-corrected chi connectivity index (χ4v) is 4.46. The lowest BCUT2D eigenvalue weighted by atomic mass is 9.95. The topological polar surface area (TPSA) is 86.4 Å². The predicted molar refractivity (Wildman–Crippen MR) is 132 cm³/mol. The van der Waals surface area contributed by atoms with Crippen LogP contribution in [0.3, 0.4) is 0 Å². The molecule has 0 aliphatic carbocycles. The minimum absolute atomic E-state index is 0.0103. The van der Waals surface area contributed by atoms with Crippen LogP contribution in [0.4, 0.5) is 5.69 Å². The molecule has 0 bridgehead atoms. The largest absolute Gasteiger partial charge is 0.493 e. The second kappa shape index (κ2) is 9.31. The first kappa shape index (κ1) is 22.7. The molecule has 0 fully saturated rings. The Morgan fingerprint density at radius 3 is 2.71 bits per heavy atom. The average molecular weight is 492 g/mol. The standard InChI is InChI=1S/C26H22ClN3O5/c1-3-12-34-24-10-6-17(13-25(24)33-2)26-29-22(15-21(28-29)16-4-7-18(27)8-5-16)20-14-19(30(31)32)9-11-23(20)35-26/h3-11,13-14,22,26H,1,12,15H2,2H3/t22-,26+/m1/s1. The molecular weight excluding hydrogens is 470 g/mol.